The maximum absolute atomic E-state index is 13.9. The molecule has 0 radical (unpaired) electrons. The first-order valence-electron chi connectivity index (χ1n) is 12.6. The minimum absolute atomic E-state index is 0.0137. The van der Waals surface area contributed by atoms with Crippen molar-refractivity contribution in [3.8, 4) is 11.6 Å². The summed E-state index contributed by atoms with van der Waals surface area (Å²) in [5, 5.41) is 23.0. The molecule has 0 aliphatic carbocycles. The highest BCUT2D eigenvalue weighted by atomic mass is 32.2. The molecule has 12 heteroatoms. The fourth-order valence-electron chi connectivity index (χ4n) is 5.04. The number of morpholine rings is 1. The van der Waals surface area contributed by atoms with Crippen LogP contribution in [0.5, 0.6) is 11.6 Å². The SMILES string of the molecule is CN(c1c2cccnc2c(O)c2c(O)n(Cc3ccc(F)cc3)cc12)S(=O)(=O)c1ccc(N2CCOCC2)nc1. The number of aromatic hydroxyl groups is 2. The molecule has 3 aromatic heterocycles. The molecule has 0 unspecified atom stereocenters. The Hall–Kier alpha value is -4.42. The number of aromatic nitrogens is 3. The Morgan fingerprint density at radius 1 is 1.02 bits per heavy atom. The van der Waals surface area contributed by atoms with Crippen LogP contribution in [-0.4, -0.2) is 66.5 Å². The fourth-order valence-corrected chi connectivity index (χ4v) is 6.22. The number of pyridine rings is 2. The van der Waals surface area contributed by atoms with Gasteiger partial charge in [-0.3, -0.25) is 9.29 Å². The highest BCUT2D eigenvalue weighted by molar-refractivity contribution is 7.92. The number of fused-ring (bicyclic) bond motifs is 2. The van der Waals surface area contributed by atoms with E-state index in [1.54, 1.807) is 36.5 Å². The molecule has 1 fully saturated rings. The maximum Gasteiger partial charge on any atom is 0.265 e. The Balaban J connectivity index is 1.47. The highest BCUT2D eigenvalue weighted by Gasteiger charge is 2.29. The van der Waals surface area contributed by atoms with Crippen LogP contribution < -0.4 is 9.21 Å². The zero-order valence-corrected chi connectivity index (χ0v) is 22.3. The monoisotopic (exact) mass is 563 g/mol. The summed E-state index contributed by atoms with van der Waals surface area (Å²) in [6.45, 7) is 2.66. The van der Waals surface area contributed by atoms with Crippen LogP contribution in [0, 0.1) is 5.82 Å². The number of halogens is 1. The zero-order valence-electron chi connectivity index (χ0n) is 21.5. The predicted octanol–water partition coefficient (Wildman–Crippen LogP) is 3.84. The molecule has 1 aliphatic heterocycles. The number of ether oxygens (including phenoxy) is 1. The lowest BCUT2D eigenvalue weighted by atomic mass is 10.1. The van der Waals surface area contributed by atoms with Crippen molar-refractivity contribution in [1.29, 1.82) is 0 Å². The van der Waals surface area contributed by atoms with Crippen molar-refractivity contribution in [2.24, 2.45) is 0 Å². The number of hydrogen-bond acceptors (Lipinski definition) is 8. The Labute approximate surface area is 229 Å². The largest absolute Gasteiger partial charge is 0.505 e. The van der Waals surface area contributed by atoms with Crippen LogP contribution in [0.1, 0.15) is 5.56 Å². The van der Waals surface area contributed by atoms with Gasteiger partial charge in [-0.1, -0.05) is 12.1 Å². The summed E-state index contributed by atoms with van der Waals surface area (Å²) in [7, 11) is -2.70. The van der Waals surface area contributed by atoms with Gasteiger partial charge in [0.2, 0.25) is 5.88 Å². The lowest BCUT2D eigenvalue weighted by molar-refractivity contribution is 0.122. The summed E-state index contributed by atoms with van der Waals surface area (Å²) >= 11 is 0. The van der Waals surface area contributed by atoms with Gasteiger partial charge >= 0.3 is 0 Å². The first-order valence-corrected chi connectivity index (χ1v) is 14.0. The van der Waals surface area contributed by atoms with Gasteiger partial charge in [0.25, 0.3) is 10.0 Å². The summed E-state index contributed by atoms with van der Waals surface area (Å²) in [5.41, 5.74) is 1.08. The van der Waals surface area contributed by atoms with Crippen molar-refractivity contribution in [2.45, 2.75) is 11.4 Å². The van der Waals surface area contributed by atoms with Crippen molar-refractivity contribution < 1.29 is 27.8 Å². The summed E-state index contributed by atoms with van der Waals surface area (Å²) in [6, 6.07) is 12.3. The van der Waals surface area contributed by atoms with Crippen molar-refractivity contribution in [3.05, 3.63) is 78.5 Å². The topological polar surface area (TPSA) is 121 Å². The third kappa shape index (κ3) is 4.34. The molecule has 0 atom stereocenters. The number of phenolic OH excluding ortho intramolecular Hbond substituents is 1. The Kier molecular flexibility index (Phi) is 6.43. The highest BCUT2D eigenvalue weighted by Crippen LogP contribution is 2.47. The van der Waals surface area contributed by atoms with Crippen LogP contribution >= 0.6 is 0 Å². The lowest BCUT2D eigenvalue weighted by Crippen LogP contribution is -2.36. The van der Waals surface area contributed by atoms with Gasteiger partial charge in [0, 0.05) is 49.5 Å². The van der Waals surface area contributed by atoms with Crippen molar-refractivity contribution in [3.63, 3.8) is 0 Å². The minimum Gasteiger partial charge on any atom is -0.505 e. The van der Waals surface area contributed by atoms with E-state index in [4.69, 9.17) is 4.74 Å². The molecule has 0 spiro atoms. The van der Waals surface area contributed by atoms with Crippen LogP contribution in [0.2, 0.25) is 0 Å². The Morgan fingerprint density at radius 2 is 1.77 bits per heavy atom. The third-order valence-electron chi connectivity index (χ3n) is 7.12. The summed E-state index contributed by atoms with van der Waals surface area (Å²) < 4.78 is 49.1. The van der Waals surface area contributed by atoms with E-state index in [2.05, 4.69) is 9.97 Å². The van der Waals surface area contributed by atoms with E-state index in [-0.39, 0.29) is 45.5 Å². The summed E-state index contributed by atoms with van der Waals surface area (Å²) in [6.07, 6.45) is 4.38. The average Bonchev–Trinajstić information content (AvgIpc) is 3.30. The standard InChI is InChI=1S/C28H26FN5O5S/c1-32(40(37,38)20-8-9-23(31-15-20)33-11-13-39-14-12-33)26-21-3-2-10-30-25(21)27(35)24-22(26)17-34(28(24)36)16-18-4-6-19(29)7-5-18/h2-10,15,17,35-36H,11-14,16H2,1H3. The van der Waals surface area contributed by atoms with Crippen LogP contribution in [0.25, 0.3) is 21.7 Å². The van der Waals surface area contributed by atoms with E-state index in [0.29, 0.717) is 48.5 Å². The van der Waals surface area contributed by atoms with E-state index in [1.807, 2.05) is 4.90 Å². The molecule has 1 aliphatic rings. The van der Waals surface area contributed by atoms with Gasteiger partial charge in [-0.25, -0.2) is 17.8 Å². The number of benzene rings is 2. The molecule has 0 bridgehead atoms. The van der Waals surface area contributed by atoms with Crippen molar-refractivity contribution in [2.75, 3.05) is 42.6 Å². The van der Waals surface area contributed by atoms with Gasteiger partial charge in [0.15, 0.2) is 5.75 Å². The van der Waals surface area contributed by atoms with E-state index in [0.717, 1.165) is 4.31 Å². The summed E-state index contributed by atoms with van der Waals surface area (Å²) in [5.74, 6) is -0.267. The number of anilines is 2. The normalized spacial score (nSPS) is 14.2. The first-order chi connectivity index (χ1) is 19.3. The molecule has 0 saturated carbocycles. The molecule has 6 rings (SSSR count). The number of phenols is 1. The number of rotatable bonds is 6. The third-order valence-corrected chi connectivity index (χ3v) is 8.87. The molecule has 1 saturated heterocycles. The van der Waals surface area contributed by atoms with E-state index >= 15 is 0 Å². The van der Waals surface area contributed by atoms with Crippen molar-refractivity contribution >= 4 is 43.2 Å². The van der Waals surface area contributed by atoms with Gasteiger partial charge in [0.1, 0.15) is 22.0 Å². The van der Waals surface area contributed by atoms with Gasteiger partial charge in [-0.05, 0) is 42.0 Å². The van der Waals surface area contributed by atoms with Crippen molar-refractivity contribution in [1.82, 2.24) is 14.5 Å². The van der Waals surface area contributed by atoms with E-state index in [1.165, 1.54) is 42.2 Å². The Morgan fingerprint density at radius 3 is 2.48 bits per heavy atom. The first kappa shape index (κ1) is 25.8. The molecule has 2 aromatic carbocycles. The zero-order chi connectivity index (χ0) is 28.0. The quantitative estimate of drug-likeness (QED) is 0.320. The number of sulfonamides is 1. The molecule has 2 N–H and O–H groups in total. The fraction of sp³-hybridized carbons (Fsp3) is 0.214. The molecule has 10 nitrogen and oxygen atoms in total. The smallest absolute Gasteiger partial charge is 0.265 e. The van der Waals surface area contributed by atoms with Gasteiger partial charge in [-0.2, -0.15) is 0 Å². The molecule has 4 heterocycles. The molecular formula is C28H26FN5O5S. The van der Waals surface area contributed by atoms with Gasteiger partial charge in [-0.15, -0.1) is 0 Å². The molecular weight excluding hydrogens is 537 g/mol. The van der Waals surface area contributed by atoms with Crippen LogP contribution in [0.3, 0.4) is 0 Å². The Bertz CT molecular complexity index is 1820. The predicted molar refractivity (Wildman–Crippen MR) is 149 cm³/mol. The second kappa shape index (κ2) is 9.96. The van der Waals surface area contributed by atoms with Crippen LogP contribution in [0.4, 0.5) is 15.9 Å². The second-order valence-electron chi connectivity index (χ2n) is 9.52. The number of nitrogens with zero attached hydrogens (tertiary/aromatic N) is 5. The van der Waals surface area contributed by atoms with Crippen LogP contribution in [0.15, 0.2) is 72.0 Å². The maximum atomic E-state index is 13.9. The second-order valence-corrected chi connectivity index (χ2v) is 11.5. The molecule has 0 amide bonds. The average molecular weight is 564 g/mol. The molecule has 206 valence electrons. The summed E-state index contributed by atoms with van der Waals surface area (Å²) in [4.78, 5) is 10.7. The minimum atomic E-state index is -4.12. The van der Waals surface area contributed by atoms with Crippen LogP contribution in [-0.2, 0) is 21.3 Å². The lowest BCUT2D eigenvalue weighted by Gasteiger charge is -2.28. The number of hydrogen-bond donors (Lipinski definition) is 2. The molecule has 40 heavy (non-hydrogen) atoms. The van der Waals surface area contributed by atoms with E-state index < -0.39 is 10.0 Å². The van der Waals surface area contributed by atoms with E-state index in [9.17, 15) is 23.0 Å². The van der Waals surface area contributed by atoms with Gasteiger partial charge in [0.05, 0.1) is 30.8 Å². The molecule has 5 aromatic rings. The van der Waals surface area contributed by atoms with Gasteiger partial charge < -0.3 is 24.4 Å².